The second-order valence-corrected chi connectivity index (χ2v) is 5.00. The maximum absolute atomic E-state index is 5.51. The molecule has 0 spiro atoms. The number of rotatable bonds is 7. The van der Waals surface area contributed by atoms with E-state index in [0.717, 1.165) is 15.9 Å². The maximum atomic E-state index is 5.51. The number of benzene rings is 1. The molecule has 0 aliphatic rings. The van der Waals surface area contributed by atoms with Crippen LogP contribution in [0.15, 0.2) is 28.9 Å². The standard InChI is InChI=1S/C14H18BrN3O3/c1-4-20-14(21-5-2)12-9-18(17-16-12)10-6-7-11(15)13(8-10)19-3/h6-9,14H,4-5H2,1-3H3. The van der Waals surface area contributed by atoms with Gasteiger partial charge in [0.15, 0.2) is 0 Å². The summed E-state index contributed by atoms with van der Waals surface area (Å²) in [6, 6.07) is 5.69. The molecule has 7 heteroatoms. The Morgan fingerprint density at radius 2 is 1.95 bits per heavy atom. The lowest BCUT2D eigenvalue weighted by Crippen LogP contribution is -2.09. The SMILES string of the molecule is CCOC(OCC)c1cn(-c2ccc(Br)c(OC)c2)nn1. The molecule has 0 radical (unpaired) electrons. The van der Waals surface area contributed by atoms with Gasteiger partial charge in [-0.2, -0.15) is 0 Å². The molecule has 0 N–H and O–H groups in total. The highest BCUT2D eigenvalue weighted by Gasteiger charge is 2.16. The molecular formula is C14H18BrN3O3. The Morgan fingerprint density at radius 3 is 2.57 bits per heavy atom. The summed E-state index contributed by atoms with van der Waals surface area (Å²) in [4.78, 5) is 0. The summed E-state index contributed by atoms with van der Waals surface area (Å²) in [6.45, 7) is 4.92. The predicted octanol–water partition coefficient (Wildman–Crippen LogP) is 3.11. The second-order valence-electron chi connectivity index (χ2n) is 4.15. The van der Waals surface area contributed by atoms with Gasteiger partial charge >= 0.3 is 0 Å². The third kappa shape index (κ3) is 3.81. The fourth-order valence-corrected chi connectivity index (χ4v) is 2.23. The lowest BCUT2D eigenvalue weighted by Gasteiger charge is -2.13. The van der Waals surface area contributed by atoms with E-state index in [4.69, 9.17) is 14.2 Å². The lowest BCUT2D eigenvalue weighted by atomic mass is 10.3. The average Bonchev–Trinajstić information content (AvgIpc) is 2.97. The van der Waals surface area contributed by atoms with Gasteiger partial charge in [0.1, 0.15) is 11.4 Å². The molecule has 0 unspecified atom stereocenters. The van der Waals surface area contributed by atoms with Crippen LogP contribution in [0.25, 0.3) is 5.69 Å². The first-order chi connectivity index (χ1) is 10.2. The third-order valence-corrected chi connectivity index (χ3v) is 3.44. The lowest BCUT2D eigenvalue weighted by molar-refractivity contribution is -0.142. The molecule has 2 aromatic rings. The molecule has 2 rings (SSSR count). The van der Waals surface area contributed by atoms with Gasteiger partial charge in [-0.15, -0.1) is 5.10 Å². The highest BCUT2D eigenvalue weighted by atomic mass is 79.9. The van der Waals surface area contributed by atoms with Gasteiger partial charge in [-0.3, -0.25) is 0 Å². The molecule has 0 bridgehead atoms. The van der Waals surface area contributed by atoms with Crippen molar-refractivity contribution in [1.29, 1.82) is 0 Å². The Hall–Kier alpha value is -1.44. The summed E-state index contributed by atoms with van der Waals surface area (Å²) in [6.07, 6.45) is 1.30. The van der Waals surface area contributed by atoms with Gasteiger partial charge in [-0.1, -0.05) is 5.21 Å². The van der Waals surface area contributed by atoms with Crippen LogP contribution < -0.4 is 4.74 Å². The van der Waals surface area contributed by atoms with Crippen LogP contribution >= 0.6 is 15.9 Å². The first-order valence-electron chi connectivity index (χ1n) is 6.69. The normalized spacial score (nSPS) is 11.1. The molecule has 0 saturated carbocycles. The smallest absolute Gasteiger partial charge is 0.204 e. The number of methoxy groups -OCH3 is 1. The van der Waals surface area contributed by atoms with Crippen molar-refractivity contribution in [1.82, 2.24) is 15.0 Å². The molecule has 1 heterocycles. The fourth-order valence-electron chi connectivity index (χ4n) is 1.82. The number of halogens is 1. The topological polar surface area (TPSA) is 58.4 Å². The van der Waals surface area contributed by atoms with Crippen LogP contribution in [0.2, 0.25) is 0 Å². The van der Waals surface area contributed by atoms with Crippen LogP contribution in [0.3, 0.4) is 0 Å². The van der Waals surface area contributed by atoms with Crippen molar-refractivity contribution in [3.8, 4) is 11.4 Å². The Bertz CT molecular complexity index is 583. The number of nitrogens with zero attached hydrogens (tertiary/aromatic N) is 3. The van der Waals surface area contributed by atoms with Gasteiger partial charge in [0.2, 0.25) is 6.29 Å². The summed E-state index contributed by atoms with van der Waals surface area (Å²) >= 11 is 3.42. The van der Waals surface area contributed by atoms with Crippen LogP contribution in [0.1, 0.15) is 25.8 Å². The molecular weight excluding hydrogens is 338 g/mol. The van der Waals surface area contributed by atoms with Gasteiger partial charge in [0, 0.05) is 19.3 Å². The molecule has 6 nitrogen and oxygen atoms in total. The van der Waals surface area contributed by atoms with E-state index in [0.29, 0.717) is 18.9 Å². The van der Waals surface area contributed by atoms with E-state index < -0.39 is 6.29 Å². The predicted molar refractivity (Wildman–Crippen MR) is 81.6 cm³/mol. The largest absolute Gasteiger partial charge is 0.495 e. The fraction of sp³-hybridized carbons (Fsp3) is 0.429. The van der Waals surface area contributed by atoms with Gasteiger partial charge in [0.05, 0.1) is 23.5 Å². The van der Waals surface area contributed by atoms with Gasteiger partial charge < -0.3 is 14.2 Å². The monoisotopic (exact) mass is 355 g/mol. The second kappa shape index (κ2) is 7.53. The van der Waals surface area contributed by atoms with Crippen molar-refractivity contribution in [3.63, 3.8) is 0 Å². The Balaban J connectivity index is 2.26. The summed E-state index contributed by atoms with van der Waals surface area (Å²) in [5.41, 5.74) is 1.49. The maximum Gasteiger partial charge on any atom is 0.204 e. The van der Waals surface area contributed by atoms with E-state index in [1.165, 1.54) is 0 Å². The molecule has 0 saturated heterocycles. The molecule has 0 aliphatic heterocycles. The quantitative estimate of drug-likeness (QED) is 0.714. The molecule has 114 valence electrons. The zero-order valence-corrected chi connectivity index (χ0v) is 13.8. The summed E-state index contributed by atoms with van der Waals surface area (Å²) in [5.74, 6) is 0.732. The van der Waals surface area contributed by atoms with E-state index >= 15 is 0 Å². The minimum absolute atomic E-state index is 0.494. The summed E-state index contributed by atoms with van der Waals surface area (Å²) in [5, 5.41) is 8.23. The first-order valence-corrected chi connectivity index (χ1v) is 7.48. The van der Waals surface area contributed by atoms with Crippen molar-refractivity contribution in [2.75, 3.05) is 20.3 Å². The molecule has 0 fully saturated rings. The molecule has 0 atom stereocenters. The van der Waals surface area contributed by atoms with E-state index in [9.17, 15) is 0 Å². The van der Waals surface area contributed by atoms with E-state index in [1.807, 2.05) is 32.0 Å². The number of hydrogen-bond donors (Lipinski definition) is 0. The minimum atomic E-state index is -0.494. The minimum Gasteiger partial charge on any atom is -0.495 e. The molecule has 1 aromatic carbocycles. The van der Waals surface area contributed by atoms with Gasteiger partial charge in [-0.25, -0.2) is 4.68 Å². The number of aromatic nitrogens is 3. The van der Waals surface area contributed by atoms with E-state index in [-0.39, 0.29) is 0 Å². The first kappa shape index (κ1) is 15.9. The Kier molecular flexibility index (Phi) is 5.72. The number of hydrogen-bond acceptors (Lipinski definition) is 5. The highest BCUT2D eigenvalue weighted by Crippen LogP contribution is 2.27. The molecule has 0 aliphatic carbocycles. The molecule has 21 heavy (non-hydrogen) atoms. The Labute approximate surface area is 132 Å². The van der Waals surface area contributed by atoms with Crippen molar-refractivity contribution >= 4 is 15.9 Å². The van der Waals surface area contributed by atoms with Crippen LogP contribution in [-0.4, -0.2) is 35.3 Å². The van der Waals surface area contributed by atoms with E-state index in [1.54, 1.807) is 18.0 Å². The summed E-state index contributed by atoms with van der Waals surface area (Å²) < 4.78 is 18.9. The van der Waals surface area contributed by atoms with Crippen molar-refractivity contribution in [2.24, 2.45) is 0 Å². The third-order valence-electron chi connectivity index (χ3n) is 2.79. The molecule has 0 amide bonds. The average molecular weight is 356 g/mol. The highest BCUT2D eigenvalue weighted by molar-refractivity contribution is 9.10. The van der Waals surface area contributed by atoms with Crippen molar-refractivity contribution in [2.45, 2.75) is 20.1 Å². The summed E-state index contributed by atoms with van der Waals surface area (Å²) in [7, 11) is 1.62. The van der Waals surface area contributed by atoms with Gasteiger partial charge in [0.25, 0.3) is 0 Å². The van der Waals surface area contributed by atoms with Crippen molar-refractivity contribution < 1.29 is 14.2 Å². The van der Waals surface area contributed by atoms with E-state index in [2.05, 4.69) is 26.2 Å². The van der Waals surface area contributed by atoms with Crippen LogP contribution in [0, 0.1) is 0 Å². The van der Waals surface area contributed by atoms with Crippen LogP contribution in [0.4, 0.5) is 0 Å². The van der Waals surface area contributed by atoms with Crippen LogP contribution in [0.5, 0.6) is 5.75 Å². The zero-order chi connectivity index (χ0) is 15.2. The van der Waals surface area contributed by atoms with Gasteiger partial charge in [-0.05, 0) is 41.9 Å². The molecule has 1 aromatic heterocycles. The zero-order valence-electron chi connectivity index (χ0n) is 12.2. The van der Waals surface area contributed by atoms with Crippen molar-refractivity contribution in [3.05, 3.63) is 34.6 Å². The van der Waals surface area contributed by atoms with Crippen LogP contribution in [-0.2, 0) is 9.47 Å². The Morgan fingerprint density at radius 1 is 1.24 bits per heavy atom. The number of ether oxygens (including phenoxy) is 3.